The second kappa shape index (κ2) is 8.80. The van der Waals surface area contributed by atoms with Gasteiger partial charge in [-0.2, -0.15) is 0 Å². The first-order chi connectivity index (χ1) is 16.0. The van der Waals surface area contributed by atoms with Crippen LogP contribution in [0.4, 0.5) is 0 Å². The average molecular weight is 438 g/mol. The molecule has 0 unspecified atom stereocenters. The molecule has 3 N–H and O–H groups in total. The predicted octanol–water partition coefficient (Wildman–Crippen LogP) is 5.24. The summed E-state index contributed by atoms with van der Waals surface area (Å²) in [5.74, 6) is -1.09. The third-order valence-electron chi connectivity index (χ3n) is 5.43. The lowest BCUT2D eigenvalue weighted by molar-refractivity contribution is 0.111. The van der Waals surface area contributed by atoms with Gasteiger partial charge < -0.3 is 15.3 Å². The van der Waals surface area contributed by atoms with Crippen LogP contribution in [0.25, 0.3) is 33.4 Å². The highest BCUT2D eigenvalue weighted by Crippen LogP contribution is 2.55. The van der Waals surface area contributed by atoms with Crippen LogP contribution >= 0.6 is 0 Å². The van der Waals surface area contributed by atoms with E-state index < -0.39 is 0 Å². The maximum absolute atomic E-state index is 11.2. The minimum Gasteiger partial charge on any atom is -0.506 e. The summed E-state index contributed by atoms with van der Waals surface area (Å²) in [5.41, 5.74) is 2.73. The largest absolute Gasteiger partial charge is 0.506 e. The number of hydrogen-bond acceptors (Lipinski definition) is 6. The van der Waals surface area contributed by atoms with Crippen molar-refractivity contribution in [2.45, 2.75) is 0 Å². The quantitative estimate of drug-likeness (QED) is 0.355. The molecule has 4 aromatic carbocycles. The number of carbonyl (C=O) groups excluding carboxylic acids is 3. The number of phenolic OH excluding ortho intramolecular Hbond substituents is 3. The molecule has 0 bridgehead atoms. The molecule has 0 aliphatic rings. The van der Waals surface area contributed by atoms with E-state index in [9.17, 15) is 29.7 Å². The molecular formula is C27H18O6. The molecule has 0 saturated heterocycles. The molecule has 0 spiro atoms. The van der Waals surface area contributed by atoms with Crippen LogP contribution in [0.3, 0.4) is 0 Å². The Morgan fingerprint density at radius 2 is 0.606 bits per heavy atom. The topological polar surface area (TPSA) is 112 Å². The third-order valence-corrected chi connectivity index (χ3v) is 5.43. The molecule has 0 amide bonds. The van der Waals surface area contributed by atoms with Gasteiger partial charge in [-0.25, -0.2) is 0 Å². The molecule has 0 atom stereocenters. The smallest absolute Gasteiger partial charge is 0.150 e. The number of phenols is 3. The van der Waals surface area contributed by atoms with Crippen molar-refractivity contribution >= 4 is 18.9 Å². The van der Waals surface area contributed by atoms with Gasteiger partial charge in [0.25, 0.3) is 0 Å². The van der Waals surface area contributed by atoms with Crippen LogP contribution in [0.1, 0.15) is 31.1 Å². The normalized spacial score (nSPS) is 10.5. The van der Waals surface area contributed by atoms with Gasteiger partial charge in [0.1, 0.15) is 36.1 Å². The molecule has 4 rings (SSSR count). The molecule has 33 heavy (non-hydrogen) atoms. The summed E-state index contributed by atoms with van der Waals surface area (Å²) in [6.45, 7) is 0. The Labute approximate surface area is 189 Å². The van der Waals surface area contributed by atoms with Gasteiger partial charge in [0.05, 0.1) is 16.7 Å². The van der Waals surface area contributed by atoms with E-state index in [-0.39, 0.29) is 33.9 Å². The van der Waals surface area contributed by atoms with Gasteiger partial charge in [0.15, 0.2) is 0 Å². The molecule has 0 aliphatic carbocycles. The zero-order valence-corrected chi connectivity index (χ0v) is 17.2. The number of carbonyl (C=O) groups is 3. The molecule has 0 aromatic heterocycles. The van der Waals surface area contributed by atoms with E-state index in [1.54, 1.807) is 72.8 Å². The van der Waals surface area contributed by atoms with E-state index in [2.05, 4.69) is 0 Å². The molecule has 0 saturated carbocycles. The molecule has 4 aromatic rings. The van der Waals surface area contributed by atoms with Gasteiger partial charge in [0.2, 0.25) is 0 Å². The van der Waals surface area contributed by atoms with Crippen molar-refractivity contribution in [2.75, 3.05) is 0 Å². The second-order valence-electron chi connectivity index (χ2n) is 7.39. The van der Waals surface area contributed by atoms with Gasteiger partial charge in [-0.1, -0.05) is 72.8 Å². The summed E-state index contributed by atoms with van der Waals surface area (Å²) in [7, 11) is 0. The van der Waals surface area contributed by atoms with Gasteiger partial charge in [0, 0.05) is 16.7 Å². The first kappa shape index (κ1) is 21.5. The van der Waals surface area contributed by atoms with Crippen molar-refractivity contribution < 1.29 is 29.7 Å². The van der Waals surface area contributed by atoms with Crippen molar-refractivity contribution in [3.05, 3.63) is 89.5 Å². The van der Waals surface area contributed by atoms with E-state index in [1.807, 2.05) is 0 Å². The zero-order valence-electron chi connectivity index (χ0n) is 17.2. The number of aldehydes is 3. The molecular weight excluding hydrogens is 420 g/mol. The Morgan fingerprint density at radius 1 is 0.394 bits per heavy atom. The van der Waals surface area contributed by atoms with E-state index in [0.717, 1.165) is 0 Å². The number of hydrogen-bond donors (Lipinski definition) is 3. The maximum atomic E-state index is 11.2. The van der Waals surface area contributed by atoms with Crippen molar-refractivity contribution in [3.8, 4) is 50.6 Å². The van der Waals surface area contributed by atoms with Gasteiger partial charge in [-0.15, -0.1) is 0 Å². The minimum atomic E-state index is -0.365. The van der Waals surface area contributed by atoms with E-state index in [4.69, 9.17) is 0 Å². The first-order valence-electron chi connectivity index (χ1n) is 9.96. The van der Waals surface area contributed by atoms with Crippen LogP contribution in [-0.2, 0) is 0 Å². The Morgan fingerprint density at radius 3 is 0.788 bits per heavy atom. The van der Waals surface area contributed by atoms with Crippen LogP contribution in [0.5, 0.6) is 17.2 Å². The number of aromatic hydroxyl groups is 3. The Hall–Kier alpha value is -4.71. The predicted molar refractivity (Wildman–Crippen MR) is 124 cm³/mol. The fourth-order valence-electron chi connectivity index (χ4n) is 3.72. The van der Waals surface area contributed by atoms with Crippen LogP contribution in [0.2, 0.25) is 0 Å². The third kappa shape index (κ3) is 3.85. The van der Waals surface area contributed by atoms with E-state index >= 15 is 0 Å². The van der Waals surface area contributed by atoms with E-state index in [1.165, 1.54) is 0 Å². The summed E-state index contributed by atoms with van der Waals surface area (Å²) in [5, 5.41) is 33.5. The molecule has 0 aliphatic heterocycles. The lowest BCUT2D eigenvalue weighted by atomic mass is 9.89. The fraction of sp³-hybridized carbons (Fsp3) is 0. The summed E-state index contributed by atoms with van der Waals surface area (Å²) in [6.07, 6.45) is 2.04. The fourth-order valence-corrected chi connectivity index (χ4v) is 3.72. The highest BCUT2D eigenvalue weighted by molar-refractivity contribution is 5.99. The molecule has 6 heteroatoms. The SMILES string of the molecule is O=Cc1ccc(-c2c(O)c(-c3ccc(C=O)cc3)c(O)c(-c3ccc(C=O)cc3)c2O)cc1. The van der Waals surface area contributed by atoms with Gasteiger partial charge >= 0.3 is 0 Å². The van der Waals surface area contributed by atoms with Crippen LogP contribution in [0, 0.1) is 0 Å². The highest BCUT2D eigenvalue weighted by Gasteiger charge is 2.26. The standard InChI is InChI=1S/C27H18O6/c28-13-16-1-7-19(8-2-16)22-25(31)23(20-9-3-17(14-29)4-10-20)27(33)24(26(22)32)21-11-5-18(15-30)6-12-21/h1-15,31-33H. The molecule has 0 radical (unpaired) electrons. The van der Waals surface area contributed by atoms with Gasteiger partial charge in [-0.3, -0.25) is 14.4 Å². The van der Waals surface area contributed by atoms with Gasteiger partial charge in [-0.05, 0) is 16.7 Å². The molecule has 6 nitrogen and oxygen atoms in total. The summed E-state index contributed by atoms with van der Waals surface area (Å²) in [4.78, 5) is 33.1. The van der Waals surface area contributed by atoms with Crippen molar-refractivity contribution in [1.29, 1.82) is 0 Å². The van der Waals surface area contributed by atoms with E-state index in [0.29, 0.717) is 52.2 Å². The molecule has 0 heterocycles. The second-order valence-corrected chi connectivity index (χ2v) is 7.39. The number of rotatable bonds is 6. The zero-order chi connectivity index (χ0) is 23.5. The first-order valence-corrected chi connectivity index (χ1v) is 9.96. The van der Waals surface area contributed by atoms with Crippen molar-refractivity contribution in [3.63, 3.8) is 0 Å². The Balaban J connectivity index is 2.05. The van der Waals surface area contributed by atoms with Crippen LogP contribution in [0.15, 0.2) is 72.8 Å². The summed E-state index contributed by atoms with van der Waals surface area (Å²) in [6, 6.07) is 18.7. The highest BCUT2D eigenvalue weighted by atomic mass is 16.3. The Bertz CT molecular complexity index is 1160. The lowest BCUT2D eigenvalue weighted by Gasteiger charge is -2.19. The molecule has 0 fully saturated rings. The van der Waals surface area contributed by atoms with Crippen LogP contribution < -0.4 is 0 Å². The number of benzene rings is 4. The van der Waals surface area contributed by atoms with Crippen molar-refractivity contribution in [1.82, 2.24) is 0 Å². The van der Waals surface area contributed by atoms with Crippen molar-refractivity contribution in [2.24, 2.45) is 0 Å². The maximum Gasteiger partial charge on any atom is 0.150 e. The van der Waals surface area contributed by atoms with Crippen LogP contribution in [-0.4, -0.2) is 34.2 Å². The summed E-state index contributed by atoms with van der Waals surface area (Å²) >= 11 is 0. The average Bonchev–Trinajstić information content (AvgIpc) is 2.85. The lowest BCUT2D eigenvalue weighted by Crippen LogP contribution is -1.93. The monoisotopic (exact) mass is 438 g/mol. The minimum absolute atomic E-state index is 0.0641. The Kier molecular flexibility index (Phi) is 5.74. The summed E-state index contributed by atoms with van der Waals surface area (Å²) < 4.78 is 0. The molecule has 162 valence electrons.